The first-order chi connectivity index (χ1) is 9.05. The van der Waals surface area contributed by atoms with E-state index in [2.05, 4.69) is 5.10 Å². The summed E-state index contributed by atoms with van der Waals surface area (Å²) >= 11 is 0. The summed E-state index contributed by atoms with van der Waals surface area (Å²) in [5.74, 6) is 0.867. The normalized spacial score (nSPS) is 21.6. The lowest BCUT2D eigenvalue weighted by molar-refractivity contribution is 0.508. The zero-order valence-corrected chi connectivity index (χ0v) is 11.2. The van der Waals surface area contributed by atoms with Crippen LogP contribution in [0.1, 0.15) is 12.5 Å². The number of nitrogens with zero attached hydrogens (tertiary/aromatic N) is 2. The molecule has 0 aliphatic carbocycles. The maximum atomic E-state index is 11.5. The molecule has 1 saturated heterocycles. The van der Waals surface area contributed by atoms with Crippen molar-refractivity contribution in [2.75, 3.05) is 17.2 Å². The van der Waals surface area contributed by atoms with Gasteiger partial charge in [0.2, 0.25) is 0 Å². The highest BCUT2D eigenvalue weighted by atomic mass is 32.2. The number of sulfone groups is 1. The quantitative estimate of drug-likeness (QED) is 0.902. The van der Waals surface area contributed by atoms with Crippen molar-refractivity contribution < 1.29 is 8.42 Å². The van der Waals surface area contributed by atoms with Crippen molar-refractivity contribution in [3.8, 4) is 11.3 Å². The molecule has 5 nitrogen and oxygen atoms in total. The third-order valence-electron chi connectivity index (χ3n) is 3.39. The smallest absolute Gasteiger partial charge is 0.152 e. The minimum absolute atomic E-state index is 0.132. The maximum Gasteiger partial charge on any atom is 0.152 e. The van der Waals surface area contributed by atoms with E-state index in [1.54, 1.807) is 10.7 Å². The number of hydrogen-bond donors (Lipinski definition) is 1. The van der Waals surface area contributed by atoms with E-state index in [-0.39, 0.29) is 17.5 Å². The average molecular weight is 277 g/mol. The van der Waals surface area contributed by atoms with Gasteiger partial charge in [-0.15, -0.1) is 0 Å². The van der Waals surface area contributed by atoms with E-state index < -0.39 is 9.84 Å². The largest absolute Gasteiger partial charge is 0.384 e. The molecule has 1 fully saturated rings. The van der Waals surface area contributed by atoms with E-state index in [9.17, 15) is 8.42 Å². The van der Waals surface area contributed by atoms with Gasteiger partial charge in [0.15, 0.2) is 9.84 Å². The molecule has 2 heterocycles. The van der Waals surface area contributed by atoms with Gasteiger partial charge in [0.1, 0.15) is 5.82 Å². The topological polar surface area (TPSA) is 78.0 Å². The zero-order valence-electron chi connectivity index (χ0n) is 10.4. The Morgan fingerprint density at radius 1 is 1.26 bits per heavy atom. The fourth-order valence-corrected chi connectivity index (χ4v) is 4.11. The Kier molecular flexibility index (Phi) is 2.82. The first kappa shape index (κ1) is 12.2. The molecule has 0 spiro atoms. The van der Waals surface area contributed by atoms with Gasteiger partial charge in [-0.05, 0) is 6.42 Å². The van der Waals surface area contributed by atoms with Gasteiger partial charge in [-0.25, -0.2) is 13.1 Å². The number of nitrogens with two attached hydrogens (primary N) is 1. The summed E-state index contributed by atoms with van der Waals surface area (Å²) in [6.07, 6.45) is 0.586. The van der Waals surface area contributed by atoms with Gasteiger partial charge in [0, 0.05) is 11.6 Å². The van der Waals surface area contributed by atoms with Crippen LogP contribution >= 0.6 is 0 Å². The van der Waals surface area contributed by atoms with Crippen molar-refractivity contribution >= 4 is 15.7 Å². The summed E-state index contributed by atoms with van der Waals surface area (Å²) in [6.45, 7) is 0. The molecule has 2 aromatic rings. The summed E-state index contributed by atoms with van der Waals surface area (Å²) in [5, 5.41) is 4.45. The molecule has 0 bridgehead atoms. The van der Waals surface area contributed by atoms with Gasteiger partial charge in [0.25, 0.3) is 0 Å². The second-order valence-corrected chi connectivity index (χ2v) is 7.05. The minimum atomic E-state index is -2.93. The van der Waals surface area contributed by atoms with Crippen LogP contribution in [0.5, 0.6) is 0 Å². The molecule has 1 aromatic heterocycles. The summed E-state index contributed by atoms with van der Waals surface area (Å²) in [6, 6.07) is 11.4. The molecule has 1 aliphatic heterocycles. The molecule has 1 aliphatic rings. The Labute approximate surface area is 112 Å². The van der Waals surface area contributed by atoms with Crippen LogP contribution in [-0.4, -0.2) is 29.7 Å². The summed E-state index contributed by atoms with van der Waals surface area (Å²) < 4.78 is 24.7. The lowest BCUT2D eigenvalue weighted by Gasteiger charge is -2.09. The van der Waals surface area contributed by atoms with E-state index in [1.807, 2.05) is 30.3 Å². The standard InChI is InChI=1S/C13H15N3O2S/c14-13-8-12(10-4-2-1-3-5-10)15-16(13)11-6-7-19(17,18)9-11/h1-5,8,11H,6-7,9,14H2/t11-/m0/s1. The zero-order chi connectivity index (χ0) is 13.5. The Balaban J connectivity index is 1.95. The highest BCUT2D eigenvalue weighted by Gasteiger charge is 2.30. The Morgan fingerprint density at radius 2 is 2.00 bits per heavy atom. The SMILES string of the molecule is Nc1cc(-c2ccccc2)nn1[C@H]1CCS(=O)(=O)C1. The summed E-state index contributed by atoms with van der Waals surface area (Å²) in [7, 11) is -2.93. The molecule has 2 N–H and O–H groups in total. The third kappa shape index (κ3) is 2.35. The predicted molar refractivity (Wildman–Crippen MR) is 74.4 cm³/mol. The minimum Gasteiger partial charge on any atom is -0.384 e. The van der Waals surface area contributed by atoms with Crippen LogP contribution in [0.3, 0.4) is 0 Å². The number of aromatic nitrogens is 2. The lowest BCUT2D eigenvalue weighted by Crippen LogP contribution is -2.14. The molecule has 100 valence electrons. The monoisotopic (exact) mass is 277 g/mol. The molecular weight excluding hydrogens is 262 g/mol. The molecule has 3 rings (SSSR count). The average Bonchev–Trinajstić information content (AvgIpc) is 2.93. The van der Waals surface area contributed by atoms with Crippen LogP contribution < -0.4 is 5.73 Å². The van der Waals surface area contributed by atoms with E-state index >= 15 is 0 Å². The first-order valence-corrected chi connectivity index (χ1v) is 7.98. The summed E-state index contributed by atoms with van der Waals surface area (Å²) in [4.78, 5) is 0. The van der Waals surface area contributed by atoms with E-state index in [1.165, 1.54) is 0 Å². The number of hydrogen-bond acceptors (Lipinski definition) is 4. The van der Waals surface area contributed by atoms with Gasteiger partial charge in [-0.1, -0.05) is 30.3 Å². The highest BCUT2D eigenvalue weighted by Crippen LogP contribution is 2.28. The molecule has 0 amide bonds. The van der Waals surface area contributed by atoms with Crippen LogP contribution in [0.4, 0.5) is 5.82 Å². The maximum absolute atomic E-state index is 11.5. The lowest BCUT2D eigenvalue weighted by atomic mass is 10.2. The van der Waals surface area contributed by atoms with Crippen molar-refractivity contribution in [1.29, 1.82) is 0 Å². The molecule has 0 saturated carbocycles. The van der Waals surface area contributed by atoms with Crippen molar-refractivity contribution in [2.24, 2.45) is 0 Å². The second-order valence-electron chi connectivity index (χ2n) is 4.82. The highest BCUT2D eigenvalue weighted by molar-refractivity contribution is 7.91. The Bertz CT molecular complexity index is 692. The Hall–Kier alpha value is -1.82. The van der Waals surface area contributed by atoms with Crippen molar-refractivity contribution in [3.05, 3.63) is 36.4 Å². The molecule has 1 aromatic carbocycles. The van der Waals surface area contributed by atoms with Crippen LogP contribution in [0.25, 0.3) is 11.3 Å². The second kappa shape index (κ2) is 4.38. The fourth-order valence-electron chi connectivity index (χ4n) is 2.42. The van der Waals surface area contributed by atoms with E-state index in [4.69, 9.17) is 5.73 Å². The summed E-state index contributed by atoms with van der Waals surface area (Å²) in [5.41, 5.74) is 7.71. The first-order valence-electron chi connectivity index (χ1n) is 6.16. The number of rotatable bonds is 2. The van der Waals surface area contributed by atoms with Crippen molar-refractivity contribution in [3.63, 3.8) is 0 Å². The molecule has 0 radical (unpaired) electrons. The molecular formula is C13H15N3O2S. The van der Waals surface area contributed by atoms with Crippen LogP contribution in [0.2, 0.25) is 0 Å². The van der Waals surface area contributed by atoms with Gasteiger partial charge in [-0.2, -0.15) is 5.10 Å². The fraction of sp³-hybridized carbons (Fsp3) is 0.308. The van der Waals surface area contributed by atoms with Crippen LogP contribution in [0, 0.1) is 0 Å². The molecule has 6 heteroatoms. The van der Waals surface area contributed by atoms with Gasteiger partial charge in [0.05, 0.1) is 23.2 Å². The Morgan fingerprint density at radius 3 is 2.63 bits per heavy atom. The van der Waals surface area contributed by atoms with E-state index in [0.717, 1.165) is 11.3 Å². The number of benzene rings is 1. The molecule has 0 unspecified atom stereocenters. The van der Waals surface area contributed by atoms with Gasteiger partial charge < -0.3 is 5.73 Å². The van der Waals surface area contributed by atoms with Gasteiger partial charge in [-0.3, -0.25) is 0 Å². The third-order valence-corrected chi connectivity index (χ3v) is 5.14. The van der Waals surface area contributed by atoms with Crippen LogP contribution in [-0.2, 0) is 9.84 Å². The van der Waals surface area contributed by atoms with E-state index in [0.29, 0.717) is 12.2 Å². The number of nitrogen functional groups attached to an aromatic ring is 1. The predicted octanol–water partition coefficient (Wildman–Crippen LogP) is 1.49. The van der Waals surface area contributed by atoms with Crippen molar-refractivity contribution in [1.82, 2.24) is 9.78 Å². The number of anilines is 1. The molecule has 19 heavy (non-hydrogen) atoms. The van der Waals surface area contributed by atoms with Crippen molar-refractivity contribution in [2.45, 2.75) is 12.5 Å². The van der Waals surface area contributed by atoms with Gasteiger partial charge >= 0.3 is 0 Å². The molecule has 1 atom stereocenters. The van der Waals surface area contributed by atoms with Crippen LogP contribution in [0.15, 0.2) is 36.4 Å².